The number of nitrogens with zero attached hydrogens (tertiary/aromatic N) is 1. The highest BCUT2D eigenvalue weighted by Gasteiger charge is 2.23. The predicted octanol–water partition coefficient (Wildman–Crippen LogP) is 0.579. The summed E-state index contributed by atoms with van der Waals surface area (Å²) in [6.45, 7) is 8.52. The van der Waals surface area contributed by atoms with E-state index in [4.69, 9.17) is 5.11 Å². The lowest BCUT2D eigenvalue weighted by atomic mass is 9.95. The van der Waals surface area contributed by atoms with Crippen molar-refractivity contribution in [3.8, 4) is 0 Å². The molecule has 1 heterocycles. The first kappa shape index (κ1) is 15.9. The molecule has 1 atom stereocenters. The quantitative estimate of drug-likeness (QED) is 0.750. The van der Waals surface area contributed by atoms with E-state index in [-0.39, 0.29) is 16.7 Å². The second kappa shape index (κ2) is 5.44. The molecule has 1 aromatic rings. The van der Waals surface area contributed by atoms with Crippen LogP contribution in [0.5, 0.6) is 0 Å². The fourth-order valence-electron chi connectivity index (χ4n) is 1.54. The van der Waals surface area contributed by atoms with Crippen LogP contribution in [0.25, 0.3) is 0 Å². The third-order valence-electron chi connectivity index (χ3n) is 2.76. The summed E-state index contributed by atoms with van der Waals surface area (Å²) in [5.41, 5.74) is -0.815. The molecule has 0 saturated heterocycles. The Morgan fingerprint density at radius 1 is 1.35 bits per heavy atom. The van der Waals surface area contributed by atoms with Gasteiger partial charge in [0.1, 0.15) is 17.4 Å². The molecule has 7 nitrogen and oxygen atoms in total. The Bertz CT molecular complexity index is 599. The van der Waals surface area contributed by atoms with Gasteiger partial charge in [0.05, 0.1) is 5.69 Å². The number of amides is 1. The Morgan fingerprint density at radius 3 is 2.30 bits per heavy atom. The molecule has 0 aromatic carbocycles. The van der Waals surface area contributed by atoms with Crippen LogP contribution in [0.15, 0.2) is 4.79 Å². The largest absolute Gasteiger partial charge is 0.480 e. The van der Waals surface area contributed by atoms with Gasteiger partial charge in [0.25, 0.3) is 11.5 Å². The fraction of sp³-hybridized carbons (Fsp3) is 0.538. The molecule has 0 fully saturated rings. The maximum absolute atomic E-state index is 12.0. The summed E-state index contributed by atoms with van der Waals surface area (Å²) in [4.78, 5) is 41.4. The maximum Gasteiger partial charge on any atom is 0.325 e. The van der Waals surface area contributed by atoms with Crippen LogP contribution in [-0.4, -0.2) is 33.0 Å². The Hall–Kier alpha value is -2.18. The van der Waals surface area contributed by atoms with Crippen LogP contribution in [-0.2, 0) is 10.2 Å². The summed E-state index contributed by atoms with van der Waals surface area (Å²) in [6.07, 6.45) is 0. The van der Waals surface area contributed by atoms with Crippen molar-refractivity contribution in [3.05, 3.63) is 27.4 Å². The van der Waals surface area contributed by atoms with Crippen molar-refractivity contribution in [1.82, 2.24) is 15.3 Å². The Labute approximate surface area is 116 Å². The normalized spacial score (nSPS) is 12.8. The molecule has 0 radical (unpaired) electrons. The number of hydrogen-bond acceptors (Lipinski definition) is 4. The molecular weight excluding hydrogens is 262 g/mol. The summed E-state index contributed by atoms with van der Waals surface area (Å²) in [6, 6.07) is -1.08. The van der Waals surface area contributed by atoms with E-state index in [2.05, 4.69) is 15.3 Å². The van der Waals surface area contributed by atoms with Crippen LogP contribution in [0.1, 0.15) is 49.6 Å². The molecule has 0 spiro atoms. The van der Waals surface area contributed by atoms with E-state index in [9.17, 15) is 14.4 Å². The van der Waals surface area contributed by atoms with Crippen LogP contribution >= 0.6 is 0 Å². The second-order valence-electron chi connectivity index (χ2n) is 5.66. The van der Waals surface area contributed by atoms with E-state index in [1.165, 1.54) is 6.92 Å². The standard InChI is InChI=1S/C13H19N3O4/c1-6-8(9(17)14-7(2)11(19)20)10(18)16-12(15-6)13(3,4)5/h7H,1-5H3,(H,14,17)(H,19,20)(H,15,16,18)/t7-/m1/s1. The number of aliphatic carboxylic acids is 1. The summed E-state index contributed by atoms with van der Waals surface area (Å²) >= 11 is 0. The number of carboxylic acids is 1. The zero-order valence-electron chi connectivity index (χ0n) is 12.2. The third kappa shape index (κ3) is 3.43. The first-order chi connectivity index (χ1) is 9.04. The lowest BCUT2D eigenvalue weighted by molar-refractivity contribution is -0.138. The summed E-state index contributed by atoms with van der Waals surface area (Å²) in [7, 11) is 0. The van der Waals surface area contributed by atoms with Gasteiger partial charge in [0, 0.05) is 5.41 Å². The highest BCUT2D eigenvalue weighted by atomic mass is 16.4. The maximum atomic E-state index is 12.0. The van der Waals surface area contributed by atoms with E-state index in [0.29, 0.717) is 5.82 Å². The molecule has 0 aliphatic carbocycles. The van der Waals surface area contributed by atoms with Crippen molar-refractivity contribution < 1.29 is 14.7 Å². The van der Waals surface area contributed by atoms with E-state index < -0.39 is 23.5 Å². The van der Waals surface area contributed by atoms with Crippen LogP contribution in [0.4, 0.5) is 0 Å². The van der Waals surface area contributed by atoms with Crippen LogP contribution < -0.4 is 10.9 Å². The van der Waals surface area contributed by atoms with Gasteiger partial charge >= 0.3 is 5.97 Å². The number of aromatic nitrogens is 2. The number of carbonyl (C=O) groups excluding carboxylic acids is 1. The van der Waals surface area contributed by atoms with Crippen molar-refractivity contribution in [2.24, 2.45) is 0 Å². The van der Waals surface area contributed by atoms with Crippen LogP contribution in [0.3, 0.4) is 0 Å². The molecule has 0 aliphatic rings. The van der Waals surface area contributed by atoms with Crippen molar-refractivity contribution in [1.29, 1.82) is 0 Å². The molecule has 0 aliphatic heterocycles. The van der Waals surface area contributed by atoms with E-state index >= 15 is 0 Å². The molecular formula is C13H19N3O4. The molecule has 0 unspecified atom stereocenters. The van der Waals surface area contributed by atoms with E-state index in [1.54, 1.807) is 6.92 Å². The van der Waals surface area contributed by atoms with Gasteiger partial charge in [-0.2, -0.15) is 0 Å². The molecule has 3 N–H and O–H groups in total. The van der Waals surface area contributed by atoms with Crippen molar-refractivity contribution in [3.63, 3.8) is 0 Å². The number of carboxylic acid groups (broad SMARTS) is 1. The molecule has 20 heavy (non-hydrogen) atoms. The SMILES string of the molecule is Cc1nc(C(C)(C)C)[nH]c(=O)c1C(=O)N[C@H](C)C(=O)O. The zero-order valence-corrected chi connectivity index (χ0v) is 12.2. The molecule has 0 bridgehead atoms. The molecule has 110 valence electrons. The van der Waals surface area contributed by atoms with Crippen molar-refractivity contribution in [2.75, 3.05) is 0 Å². The molecule has 1 aromatic heterocycles. The van der Waals surface area contributed by atoms with Gasteiger partial charge in [-0.05, 0) is 13.8 Å². The predicted molar refractivity (Wildman–Crippen MR) is 72.9 cm³/mol. The lowest BCUT2D eigenvalue weighted by Gasteiger charge is -2.18. The van der Waals surface area contributed by atoms with Crippen LogP contribution in [0.2, 0.25) is 0 Å². The van der Waals surface area contributed by atoms with Gasteiger partial charge < -0.3 is 15.4 Å². The van der Waals surface area contributed by atoms with Gasteiger partial charge in [0.15, 0.2) is 0 Å². The number of aryl methyl sites for hydroxylation is 1. The number of rotatable bonds is 3. The zero-order chi connectivity index (χ0) is 15.7. The third-order valence-corrected chi connectivity index (χ3v) is 2.76. The molecule has 7 heteroatoms. The number of hydrogen-bond donors (Lipinski definition) is 3. The minimum Gasteiger partial charge on any atom is -0.480 e. The molecule has 0 saturated carbocycles. The van der Waals surface area contributed by atoms with E-state index in [1.807, 2.05) is 20.8 Å². The van der Waals surface area contributed by atoms with Crippen molar-refractivity contribution in [2.45, 2.75) is 46.1 Å². The average Bonchev–Trinajstić information content (AvgIpc) is 2.26. The lowest BCUT2D eigenvalue weighted by Crippen LogP contribution is -2.41. The first-order valence-corrected chi connectivity index (χ1v) is 6.19. The number of nitrogens with one attached hydrogen (secondary N) is 2. The average molecular weight is 281 g/mol. The van der Waals surface area contributed by atoms with Gasteiger partial charge in [-0.1, -0.05) is 20.8 Å². The molecule has 1 amide bonds. The summed E-state index contributed by atoms with van der Waals surface area (Å²) in [5, 5.41) is 11.0. The smallest absolute Gasteiger partial charge is 0.325 e. The van der Waals surface area contributed by atoms with E-state index in [0.717, 1.165) is 0 Å². The second-order valence-corrected chi connectivity index (χ2v) is 5.66. The fourth-order valence-corrected chi connectivity index (χ4v) is 1.54. The first-order valence-electron chi connectivity index (χ1n) is 6.19. The van der Waals surface area contributed by atoms with Gasteiger partial charge in [-0.25, -0.2) is 4.98 Å². The van der Waals surface area contributed by atoms with Crippen molar-refractivity contribution >= 4 is 11.9 Å². The number of aromatic amines is 1. The number of H-pyrrole nitrogens is 1. The minimum atomic E-state index is -1.17. The Morgan fingerprint density at radius 2 is 1.90 bits per heavy atom. The minimum absolute atomic E-state index is 0.161. The number of carbonyl (C=O) groups is 2. The Balaban J connectivity index is 3.18. The summed E-state index contributed by atoms with van der Waals surface area (Å²) in [5.74, 6) is -1.44. The van der Waals surface area contributed by atoms with Gasteiger partial charge in [0.2, 0.25) is 0 Å². The highest BCUT2D eigenvalue weighted by molar-refractivity contribution is 5.97. The molecule has 1 rings (SSSR count). The Kier molecular flexibility index (Phi) is 4.32. The van der Waals surface area contributed by atoms with Gasteiger partial charge in [-0.15, -0.1) is 0 Å². The topological polar surface area (TPSA) is 112 Å². The monoisotopic (exact) mass is 281 g/mol. The summed E-state index contributed by atoms with van der Waals surface area (Å²) < 4.78 is 0. The van der Waals surface area contributed by atoms with Crippen LogP contribution in [0, 0.1) is 6.92 Å². The van der Waals surface area contributed by atoms with Gasteiger partial charge in [-0.3, -0.25) is 14.4 Å². The highest BCUT2D eigenvalue weighted by Crippen LogP contribution is 2.17.